The molecule has 6 heteroatoms. The molecule has 3 rings (SSSR count). The molecule has 144 valence electrons. The summed E-state index contributed by atoms with van der Waals surface area (Å²) in [7, 11) is 1.65. The van der Waals surface area contributed by atoms with Crippen LogP contribution in [0.2, 0.25) is 0 Å². The van der Waals surface area contributed by atoms with Crippen LogP contribution in [0, 0.1) is 6.92 Å². The summed E-state index contributed by atoms with van der Waals surface area (Å²) in [4.78, 5) is 12.1. The standard InChI is InChI=1S/C22H23N3O2S/c1-16-7-9-17(10-8-16)19-11-12-22(25-24-19)28-15-21(26)23-14-13-18-5-3-4-6-20(18)27-2/h3-12H,13-15H2,1-2H3,(H,23,26). The number of aromatic nitrogens is 2. The molecule has 2 aromatic carbocycles. The second kappa shape index (κ2) is 9.90. The molecular formula is C22H23N3O2S. The first kappa shape index (κ1) is 19.9. The second-order valence-electron chi connectivity index (χ2n) is 6.32. The fourth-order valence-corrected chi connectivity index (χ4v) is 3.36. The van der Waals surface area contributed by atoms with E-state index in [0.717, 1.165) is 34.0 Å². The van der Waals surface area contributed by atoms with Crippen molar-refractivity contribution < 1.29 is 9.53 Å². The SMILES string of the molecule is COc1ccccc1CCNC(=O)CSc1ccc(-c2ccc(C)cc2)nn1. The molecule has 0 saturated carbocycles. The molecule has 0 radical (unpaired) electrons. The van der Waals surface area contributed by atoms with Gasteiger partial charge in [0.25, 0.3) is 0 Å². The molecular weight excluding hydrogens is 370 g/mol. The van der Waals surface area contributed by atoms with Crippen LogP contribution in [0.15, 0.2) is 65.7 Å². The van der Waals surface area contributed by atoms with E-state index in [9.17, 15) is 4.79 Å². The number of methoxy groups -OCH3 is 1. The van der Waals surface area contributed by atoms with Gasteiger partial charge in [0.15, 0.2) is 0 Å². The van der Waals surface area contributed by atoms with Crippen molar-refractivity contribution in [2.45, 2.75) is 18.4 Å². The molecule has 0 aliphatic heterocycles. The summed E-state index contributed by atoms with van der Waals surface area (Å²) in [6.07, 6.45) is 0.728. The Kier molecular flexibility index (Phi) is 7.03. The van der Waals surface area contributed by atoms with Crippen molar-refractivity contribution in [3.63, 3.8) is 0 Å². The number of rotatable bonds is 8. The van der Waals surface area contributed by atoms with Gasteiger partial charge in [0.1, 0.15) is 10.8 Å². The van der Waals surface area contributed by atoms with E-state index in [1.54, 1.807) is 7.11 Å². The van der Waals surface area contributed by atoms with Crippen molar-refractivity contribution in [1.82, 2.24) is 15.5 Å². The fourth-order valence-electron chi connectivity index (χ4n) is 2.71. The number of ether oxygens (including phenoxy) is 1. The van der Waals surface area contributed by atoms with Gasteiger partial charge in [0.05, 0.1) is 18.6 Å². The molecule has 0 aliphatic rings. The van der Waals surface area contributed by atoms with Crippen LogP contribution >= 0.6 is 11.8 Å². The molecule has 1 aromatic heterocycles. The van der Waals surface area contributed by atoms with Crippen LogP contribution in [-0.2, 0) is 11.2 Å². The van der Waals surface area contributed by atoms with E-state index in [4.69, 9.17) is 4.74 Å². The number of nitrogens with one attached hydrogen (secondary N) is 1. The average molecular weight is 394 g/mol. The molecule has 0 unspecified atom stereocenters. The van der Waals surface area contributed by atoms with Gasteiger partial charge in [-0.05, 0) is 37.1 Å². The predicted octanol–water partition coefficient (Wildman–Crippen LogP) is 3.91. The third-order valence-corrected chi connectivity index (χ3v) is 5.17. The smallest absolute Gasteiger partial charge is 0.230 e. The quantitative estimate of drug-likeness (QED) is 0.588. The molecule has 0 fully saturated rings. The first-order valence-electron chi connectivity index (χ1n) is 9.08. The van der Waals surface area contributed by atoms with Crippen LogP contribution < -0.4 is 10.1 Å². The van der Waals surface area contributed by atoms with E-state index in [1.165, 1.54) is 17.3 Å². The largest absolute Gasteiger partial charge is 0.496 e. The van der Waals surface area contributed by atoms with E-state index < -0.39 is 0 Å². The third-order valence-electron chi connectivity index (χ3n) is 4.25. The minimum absolute atomic E-state index is 0.0238. The summed E-state index contributed by atoms with van der Waals surface area (Å²) in [6.45, 7) is 2.62. The van der Waals surface area contributed by atoms with Crippen LogP contribution in [0.25, 0.3) is 11.3 Å². The Labute approximate surface area is 169 Å². The molecule has 0 atom stereocenters. The van der Waals surface area contributed by atoms with Crippen LogP contribution in [0.3, 0.4) is 0 Å². The van der Waals surface area contributed by atoms with Crippen molar-refractivity contribution >= 4 is 17.7 Å². The van der Waals surface area contributed by atoms with Gasteiger partial charge >= 0.3 is 0 Å². The van der Waals surface area contributed by atoms with E-state index in [2.05, 4.69) is 34.6 Å². The zero-order valence-electron chi connectivity index (χ0n) is 16.0. The number of benzene rings is 2. The molecule has 0 saturated heterocycles. The minimum Gasteiger partial charge on any atom is -0.496 e. The highest BCUT2D eigenvalue weighted by molar-refractivity contribution is 7.99. The number of para-hydroxylation sites is 1. The van der Waals surface area contributed by atoms with E-state index in [0.29, 0.717) is 12.3 Å². The van der Waals surface area contributed by atoms with Gasteiger partial charge in [-0.25, -0.2) is 0 Å². The molecule has 1 heterocycles. The summed E-state index contributed by atoms with van der Waals surface area (Å²) in [5, 5.41) is 12.1. The lowest BCUT2D eigenvalue weighted by Crippen LogP contribution is -2.27. The minimum atomic E-state index is -0.0238. The first-order chi connectivity index (χ1) is 13.7. The molecule has 0 aliphatic carbocycles. The van der Waals surface area contributed by atoms with Gasteiger partial charge in [0, 0.05) is 12.1 Å². The topological polar surface area (TPSA) is 64.1 Å². The summed E-state index contributed by atoms with van der Waals surface area (Å²) >= 11 is 1.38. The number of nitrogens with zero attached hydrogens (tertiary/aromatic N) is 2. The highest BCUT2D eigenvalue weighted by atomic mass is 32.2. The summed E-state index contributed by atoms with van der Waals surface area (Å²) in [5.74, 6) is 1.13. The highest BCUT2D eigenvalue weighted by Crippen LogP contribution is 2.20. The van der Waals surface area contributed by atoms with Crippen LogP contribution in [-0.4, -0.2) is 35.5 Å². The van der Waals surface area contributed by atoms with E-state index in [1.807, 2.05) is 48.5 Å². The zero-order chi connectivity index (χ0) is 19.8. The maximum atomic E-state index is 12.1. The fraction of sp³-hybridized carbons (Fsp3) is 0.227. The molecule has 0 bridgehead atoms. The van der Waals surface area contributed by atoms with Crippen LogP contribution in [0.4, 0.5) is 0 Å². The average Bonchev–Trinajstić information content (AvgIpc) is 2.73. The number of amides is 1. The maximum Gasteiger partial charge on any atom is 0.230 e. The Hall–Kier alpha value is -2.86. The highest BCUT2D eigenvalue weighted by Gasteiger charge is 2.07. The second-order valence-corrected chi connectivity index (χ2v) is 7.32. The number of hydrogen-bond donors (Lipinski definition) is 1. The summed E-state index contributed by atoms with van der Waals surface area (Å²) < 4.78 is 5.32. The van der Waals surface area contributed by atoms with E-state index in [-0.39, 0.29) is 5.91 Å². The third kappa shape index (κ3) is 5.57. The predicted molar refractivity (Wildman–Crippen MR) is 113 cm³/mol. The number of carbonyl (C=O) groups excluding carboxylic acids is 1. The Balaban J connectivity index is 1.45. The van der Waals surface area contributed by atoms with Gasteiger partial charge in [0.2, 0.25) is 5.91 Å². The van der Waals surface area contributed by atoms with Gasteiger partial charge in [-0.2, -0.15) is 0 Å². The Morgan fingerprint density at radius 3 is 2.54 bits per heavy atom. The van der Waals surface area contributed by atoms with Crippen LogP contribution in [0.1, 0.15) is 11.1 Å². The molecule has 3 aromatic rings. The number of hydrogen-bond acceptors (Lipinski definition) is 5. The number of carbonyl (C=O) groups is 1. The molecule has 5 nitrogen and oxygen atoms in total. The molecule has 1 N–H and O–H groups in total. The maximum absolute atomic E-state index is 12.1. The van der Waals surface area contributed by atoms with Crippen molar-refractivity contribution in [2.24, 2.45) is 0 Å². The normalized spacial score (nSPS) is 10.5. The van der Waals surface area contributed by atoms with Crippen LogP contribution in [0.5, 0.6) is 5.75 Å². The van der Waals surface area contributed by atoms with Gasteiger partial charge in [-0.1, -0.05) is 59.8 Å². The zero-order valence-corrected chi connectivity index (χ0v) is 16.8. The lowest BCUT2D eigenvalue weighted by molar-refractivity contribution is -0.118. The van der Waals surface area contributed by atoms with Crippen molar-refractivity contribution in [3.05, 3.63) is 71.8 Å². The Bertz CT molecular complexity index is 912. The Morgan fingerprint density at radius 2 is 1.82 bits per heavy atom. The summed E-state index contributed by atoms with van der Waals surface area (Å²) in [5.41, 5.74) is 4.14. The van der Waals surface area contributed by atoms with Crippen molar-refractivity contribution in [3.8, 4) is 17.0 Å². The number of aryl methyl sites for hydroxylation is 1. The van der Waals surface area contributed by atoms with Gasteiger partial charge in [-0.15, -0.1) is 10.2 Å². The first-order valence-corrected chi connectivity index (χ1v) is 10.1. The molecule has 28 heavy (non-hydrogen) atoms. The summed E-state index contributed by atoms with van der Waals surface area (Å²) in [6, 6.07) is 19.8. The van der Waals surface area contributed by atoms with Gasteiger partial charge < -0.3 is 10.1 Å². The molecule has 0 spiro atoms. The van der Waals surface area contributed by atoms with Crippen molar-refractivity contribution in [2.75, 3.05) is 19.4 Å². The Morgan fingerprint density at radius 1 is 1.04 bits per heavy atom. The van der Waals surface area contributed by atoms with E-state index >= 15 is 0 Å². The van der Waals surface area contributed by atoms with Gasteiger partial charge in [-0.3, -0.25) is 4.79 Å². The lowest BCUT2D eigenvalue weighted by atomic mass is 10.1. The monoisotopic (exact) mass is 393 g/mol. The lowest BCUT2D eigenvalue weighted by Gasteiger charge is -2.09. The number of thioether (sulfide) groups is 1. The van der Waals surface area contributed by atoms with Crippen molar-refractivity contribution in [1.29, 1.82) is 0 Å². The molecule has 1 amide bonds.